The minimum atomic E-state index is -1.07. The standard InChI is InChI=1S/C9H15NO5/c1-4(11)10-5-6(12)7(13)9(2)3-14-8(5)15-9/h5-8,12-13H,3H2,1-2H3,(H,10,11)/t5-,6+,7+,8+,9-/m0/s1. The molecule has 2 aliphatic heterocycles. The van der Waals surface area contributed by atoms with Crippen molar-refractivity contribution >= 4 is 5.91 Å². The van der Waals surface area contributed by atoms with Crippen molar-refractivity contribution < 1.29 is 24.5 Å². The Hall–Kier alpha value is -0.690. The molecule has 0 aromatic heterocycles. The average Bonchev–Trinajstić information content (AvgIpc) is 2.52. The molecule has 2 rings (SSSR count). The van der Waals surface area contributed by atoms with Crippen LogP contribution in [0.25, 0.3) is 0 Å². The molecular weight excluding hydrogens is 202 g/mol. The maximum Gasteiger partial charge on any atom is 0.217 e. The number of hydrogen-bond donors (Lipinski definition) is 3. The Bertz CT molecular complexity index is 284. The Morgan fingerprint density at radius 1 is 1.53 bits per heavy atom. The number of aliphatic hydroxyl groups excluding tert-OH is 2. The van der Waals surface area contributed by atoms with Gasteiger partial charge in [0, 0.05) is 6.92 Å². The summed E-state index contributed by atoms with van der Waals surface area (Å²) >= 11 is 0. The van der Waals surface area contributed by atoms with E-state index in [4.69, 9.17) is 9.47 Å². The number of nitrogens with one attached hydrogen (secondary N) is 1. The van der Waals surface area contributed by atoms with Gasteiger partial charge < -0.3 is 25.0 Å². The Kier molecular flexibility index (Phi) is 2.46. The van der Waals surface area contributed by atoms with E-state index in [0.717, 1.165) is 0 Å². The van der Waals surface area contributed by atoms with Crippen molar-refractivity contribution in [1.82, 2.24) is 5.32 Å². The lowest BCUT2D eigenvalue weighted by molar-refractivity contribution is -0.218. The number of ether oxygens (including phenoxy) is 2. The SMILES string of the molecule is CC(=O)N[C@@H]1[C@@H]2OC[C@](C)(O2)[C@H](O)[C@@H]1O. The number of rotatable bonds is 1. The van der Waals surface area contributed by atoms with Crippen molar-refractivity contribution in [1.29, 1.82) is 0 Å². The van der Waals surface area contributed by atoms with Crippen LogP contribution in [-0.2, 0) is 14.3 Å². The second kappa shape index (κ2) is 3.41. The third-order valence-corrected chi connectivity index (χ3v) is 2.90. The second-order valence-corrected chi connectivity index (χ2v) is 4.27. The largest absolute Gasteiger partial charge is 0.388 e. The van der Waals surface area contributed by atoms with E-state index in [1.54, 1.807) is 6.92 Å². The first-order valence-electron chi connectivity index (χ1n) is 4.87. The first kappa shape index (κ1) is 10.8. The van der Waals surface area contributed by atoms with Crippen molar-refractivity contribution in [2.75, 3.05) is 6.61 Å². The number of fused-ring (bicyclic) bond motifs is 2. The predicted molar refractivity (Wildman–Crippen MR) is 48.8 cm³/mol. The van der Waals surface area contributed by atoms with E-state index in [1.807, 2.05) is 0 Å². The average molecular weight is 217 g/mol. The van der Waals surface area contributed by atoms with Crippen LogP contribution >= 0.6 is 0 Å². The third kappa shape index (κ3) is 1.63. The summed E-state index contributed by atoms with van der Waals surface area (Å²) in [5.74, 6) is -0.297. The van der Waals surface area contributed by atoms with Crippen LogP contribution in [0.1, 0.15) is 13.8 Å². The molecule has 6 nitrogen and oxygen atoms in total. The van der Waals surface area contributed by atoms with Gasteiger partial charge in [0.2, 0.25) is 5.91 Å². The van der Waals surface area contributed by atoms with Gasteiger partial charge >= 0.3 is 0 Å². The number of amides is 1. The van der Waals surface area contributed by atoms with E-state index in [9.17, 15) is 15.0 Å². The lowest BCUT2D eigenvalue weighted by Crippen LogP contribution is -2.64. The summed E-state index contributed by atoms with van der Waals surface area (Å²) in [5, 5.41) is 22.1. The van der Waals surface area contributed by atoms with Crippen molar-refractivity contribution in [2.24, 2.45) is 0 Å². The summed E-state index contributed by atoms with van der Waals surface area (Å²) in [6, 6.07) is -0.715. The molecule has 86 valence electrons. The van der Waals surface area contributed by atoms with Crippen molar-refractivity contribution in [3.05, 3.63) is 0 Å². The van der Waals surface area contributed by atoms with Crippen LogP contribution < -0.4 is 5.32 Å². The van der Waals surface area contributed by atoms with Crippen LogP contribution in [0.3, 0.4) is 0 Å². The second-order valence-electron chi connectivity index (χ2n) is 4.27. The lowest BCUT2D eigenvalue weighted by atomic mass is 9.89. The van der Waals surface area contributed by atoms with Crippen molar-refractivity contribution in [2.45, 2.75) is 44.0 Å². The maximum atomic E-state index is 10.9. The molecule has 2 bridgehead atoms. The van der Waals surface area contributed by atoms with Gasteiger partial charge in [-0.1, -0.05) is 0 Å². The van der Waals surface area contributed by atoms with Crippen molar-refractivity contribution in [3.63, 3.8) is 0 Å². The van der Waals surface area contributed by atoms with Gasteiger partial charge in [-0.25, -0.2) is 0 Å². The summed E-state index contributed by atoms with van der Waals surface area (Å²) in [6.07, 6.45) is -2.81. The fourth-order valence-corrected chi connectivity index (χ4v) is 2.02. The molecule has 3 N–H and O–H groups in total. The molecule has 0 saturated carbocycles. The van der Waals surface area contributed by atoms with Crippen molar-refractivity contribution in [3.8, 4) is 0 Å². The molecule has 0 spiro atoms. The highest BCUT2D eigenvalue weighted by Gasteiger charge is 2.56. The minimum absolute atomic E-state index is 0.214. The molecule has 2 heterocycles. The molecule has 2 saturated heterocycles. The van der Waals surface area contributed by atoms with E-state index < -0.39 is 30.1 Å². The molecule has 15 heavy (non-hydrogen) atoms. The van der Waals surface area contributed by atoms with Gasteiger partial charge in [0.1, 0.15) is 23.9 Å². The molecule has 0 radical (unpaired) electrons. The fraction of sp³-hybridized carbons (Fsp3) is 0.889. The molecule has 6 heteroatoms. The zero-order valence-electron chi connectivity index (χ0n) is 8.64. The third-order valence-electron chi connectivity index (χ3n) is 2.90. The van der Waals surface area contributed by atoms with Gasteiger partial charge in [0.15, 0.2) is 6.29 Å². The van der Waals surface area contributed by atoms with E-state index in [-0.39, 0.29) is 12.5 Å². The Balaban J connectivity index is 2.17. The van der Waals surface area contributed by atoms with Gasteiger partial charge in [-0.3, -0.25) is 4.79 Å². The van der Waals surface area contributed by atoms with Gasteiger partial charge in [0.25, 0.3) is 0 Å². The van der Waals surface area contributed by atoms with E-state index in [1.165, 1.54) is 6.92 Å². The Labute approximate surface area is 87.2 Å². The van der Waals surface area contributed by atoms with E-state index in [2.05, 4.69) is 5.32 Å². The monoisotopic (exact) mass is 217 g/mol. The van der Waals surface area contributed by atoms with Gasteiger partial charge in [-0.2, -0.15) is 0 Å². The summed E-state index contributed by atoms with van der Waals surface area (Å²) in [5.41, 5.74) is -0.876. The number of aliphatic hydroxyl groups is 2. The zero-order chi connectivity index (χ0) is 11.2. The highest BCUT2D eigenvalue weighted by molar-refractivity contribution is 5.73. The Morgan fingerprint density at radius 3 is 2.80 bits per heavy atom. The molecule has 0 aromatic carbocycles. The van der Waals surface area contributed by atoms with Crippen LogP contribution in [0, 0.1) is 0 Å². The van der Waals surface area contributed by atoms with Crippen LogP contribution in [0.2, 0.25) is 0 Å². The number of carbonyl (C=O) groups is 1. The van der Waals surface area contributed by atoms with E-state index in [0.29, 0.717) is 0 Å². The molecule has 2 fully saturated rings. The number of hydrogen-bond acceptors (Lipinski definition) is 5. The van der Waals surface area contributed by atoms with Gasteiger partial charge in [-0.15, -0.1) is 0 Å². The highest BCUT2D eigenvalue weighted by atomic mass is 16.7. The van der Waals surface area contributed by atoms with Gasteiger partial charge in [0.05, 0.1) is 6.61 Å². The minimum Gasteiger partial charge on any atom is -0.388 e. The van der Waals surface area contributed by atoms with E-state index >= 15 is 0 Å². The molecule has 1 amide bonds. The van der Waals surface area contributed by atoms with Crippen LogP contribution in [0.4, 0.5) is 0 Å². The first-order valence-corrected chi connectivity index (χ1v) is 4.87. The molecular formula is C9H15NO5. The number of carbonyl (C=O) groups excluding carboxylic acids is 1. The quantitative estimate of drug-likeness (QED) is 0.490. The van der Waals surface area contributed by atoms with Crippen LogP contribution in [0.5, 0.6) is 0 Å². The molecule has 5 atom stereocenters. The van der Waals surface area contributed by atoms with Gasteiger partial charge in [-0.05, 0) is 6.92 Å². The summed E-state index contributed by atoms with van der Waals surface area (Å²) in [6.45, 7) is 3.22. The fourth-order valence-electron chi connectivity index (χ4n) is 2.02. The maximum absolute atomic E-state index is 10.9. The Morgan fingerprint density at radius 2 is 2.20 bits per heavy atom. The molecule has 0 aliphatic carbocycles. The zero-order valence-corrected chi connectivity index (χ0v) is 8.64. The first-order chi connectivity index (χ1) is 6.94. The smallest absolute Gasteiger partial charge is 0.217 e. The molecule has 2 aliphatic rings. The normalized spacial score (nSPS) is 49.1. The predicted octanol–water partition coefficient (Wildman–Crippen LogP) is -1.64. The summed E-state index contributed by atoms with van der Waals surface area (Å²) in [7, 11) is 0. The summed E-state index contributed by atoms with van der Waals surface area (Å²) in [4.78, 5) is 10.9. The highest BCUT2D eigenvalue weighted by Crippen LogP contribution is 2.36. The molecule has 0 aromatic rings. The summed E-state index contributed by atoms with van der Waals surface area (Å²) < 4.78 is 10.7. The topological polar surface area (TPSA) is 88.0 Å². The van der Waals surface area contributed by atoms with Crippen LogP contribution in [-0.4, -0.2) is 52.9 Å². The van der Waals surface area contributed by atoms with Crippen LogP contribution in [0.15, 0.2) is 0 Å². The molecule has 0 unspecified atom stereocenters. The lowest BCUT2D eigenvalue weighted by Gasteiger charge is -2.40.